The van der Waals surface area contributed by atoms with Crippen molar-refractivity contribution in [2.75, 3.05) is 11.5 Å². The molecule has 0 aliphatic heterocycles. The molecule has 0 aromatic heterocycles. The molecule has 0 unspecified atom stereocenters. The molecule has 0 amide bonds. The Balaban J connectivity index is 0.000000354. The van der Waals surface area contributed by atoms with E-state index in [2.05, 4.69) is 69.2 Å². The Bertz CT molecular complexity index is 4070. The summed E-state index contributed by atoms with van der Waals surface area (Å²) in [5.41, 5.74) is 10.3. The maximum Gasteiger partial charge on any atom is 2.00 e. The van der Waals surface area contributed by atoms with E-state index in [4.69, 9.17) is 55.9 Å². The van der Waals surface area contributed by atoms with Crippen LogP contribution in [0.15, 0.2) is 265 Å². The van der Waals surface area contributed by atoms with Crippen LogP contribution in [0.25, 0.3) is 0 Å². The summed E-state index contributed by atoms with van der Waals surface area (Å²) < 4.78 is 11.2. The second-order valence-electron chi connectivity index (χ2n) is 25.5. The molecular weight excluding hydrogens is 1680 g/mol. The fraction of sp³-hybridized carbons (Fsp3) is 0.182. The van der Waals surface area contributed by atoms with E-state index in [0.29, 0.717) is 44.2 Å². The van der Waals surface area contributed by atoms with Crippen molar-refractivity contribution >= 4 is 105 Å². The minimum atomic E-state index is -0.574. The average molecular weight is 1770 g/mol. The Morgan fingerprint density at radius 3 is 0.896 bits per heavy atom. The van der Waals surface area contributed by atoms with Gasteiger partial charge in [0.1, 0.15) is 47.3 Å². The Labute approximate surface area is 698 Å². The van der Waals surface area contributed by atoms with Crippen LogP contribution in [0, 0.1) is 27.7 Å². The van der Waals surface area contributed by atoms with Gasteiger partial charge in [-0.25, -0.2) is 9.59 Å². The van der Waals surface area contributed by atoms with Crippen LogP contribution in [-0.2, 0) is 104 Å². The zero-order valence-corrected chi connectivity index (χ0v) is 71.7. The van der Waals surface area contributed by atoms with Crippen molar-refractivity contribution in [2.24, 2.45) is 0 Å². The summed E-state index contributed by atoms with van der Waals surface area (Å²) in [7, 11) is 0. The molecule has 0 aliphatic rings. The van der Waals surface area contributed by atoms with Crippen molar-refractivity contribution in [3.63, 3.8) is 0 Å². The van der Waals surface area contributed by atoms with E-state index in [1.54, 1.807) is 71.3 Å². The number of ether oxygens (including phenoxy) is 2. The third-order valence-corrected chi connectivity index (χ3v) is 20.7. The first kappa shape index (κ1) is 91.6. The van der Waals surface area contributed by atoms with Crippen LogP contribution in [0.1, 0.15) is 129 Å². The number of rotatable bonds is 19. The zero-order chi connectivity index (χ0) is 75.6. The van der Waals surface area contributed by atoms with E-state index in [1.807, 2.05) is 218 Å². The molecule has 0 radical (unpaired) electrons. The van der Waals surface area contributed by atoms with Gasteiger partial charge in [-0.1, -0.05) is 197 Å². The Morgan fingerprint density at radius 1 is 0.368 bits per heavy atom. The van der Waals surface area contributed by atoms with Crippen molar-refractivity contribution in [1.82, 2.24) is 0 Å². The third kappa shape index (κ3) is 33.0. The molecule has 0 atom stereocenters. The summed E-state index contributed by atoms with van der Waals surface area (Å²) in [5.74, 6) is 2.68. The summed E-state index contributed by atoms with van der Waals surface area (Å²) >= 11 is 30.1. The summed E-state index contributed by atoms with van der Waals surface area (Å²) in [6, 6.07) is 80.2. The van der Waals surface area contributed by atoms with Gasteiger partial charge in [-0.15, -0.1) is 72.1 Å². The fourth-order valence-electron chi connectivity index (χ4n) is 9.24. The van der Waals surface area contributed by atoms with Gasteiger partial charge in [-0.05, 0) is 81.6 Å². The van der Waals surface area contributed by atoms with Crippen LogP contribution in [0.3, 0.4) is 0 Å². The van der Waals surface area contributed by atoms with Gasteiger partial charge in [-0.2, -0.15) is 122 Å². The molecule has 4 N–H and O–H groups in total. The van der Waals surface area contributed by atoms with Gasteiger partial charge in [0.25, 0.3) is 0 Å². The smallest absolute Gasteiger partial charge is 0.507 e. The summed E-state index contributed by atoms with van der Waals surface area (Å²) in [6.45, 7) is 27.5. The maximum absolute atomic E-state index is 13.3. The van der Waals surface area contributed by atoms with E-state index < -0.39 is 11.9 Å². The second kappa shape index (κ2) is 47.9. The zero-order valence-electron chi connectivity index (χ0n) is 60.3. The van der Waals surface area contributed by atoms with Gasteiger partial charge in [0, 0.05) is 102 Å². The third-order valence-electron chi connectivity index (χ3n) is 15.1. The molecular formula is C88H88Cl4HfO8S4Ti-2. The van der Waals surface area contributed by atoms with Gasteiger partial charge in [0.15, 0.2) is 0 Å². The van der Waals surface area contributed by atoms with Crippen molar-refractivity contribution in [3.8, 4) is 23.0 Å². The van der Waals surface area contributed by atoms with Gasteiger partial charge >= 0.3 is 33.7 Å². The van der Waals surface area contributed by atoms with Crippen LogP contribution >= 0.6 is 93.5 Å². The van der Waals surface area contributed by atoms with Crippen LogP contribution in [0.5, 0.6) is 23.0 Å². The minimum Gasteiger partial charge on any atom is -0.507 e. The van der Waals surface area contributed by atoms with Crippen LogP contribution in [-0.4, -0.2) is 43.9 Å². The number of aromatic hydroxyl groups is 4. The predicted octanol–water partition coefficient (Wildman–Crippen LogP) is 25.3. The normalized spacial score (nSPS) is 10.5. The van der Waals surface area contributed by atoms with Crippen molar-refractivity contribution in [1.29, 1.82) is 0 Å². The first-order chi connectivity index (χ1) is 49.7. The largest absolute Gasteiger partial charge is 2.00 e. The standard InChI is InChI=1S/C44H46O6S2.C16H14Cl4O2S2.4C7H7.Hf.Ti/c1-43(2,3)33-21-31(39(45)35(23-33)41(47)49-25-29-15-9-7-10-16-29)27-51-37-19-13-14-20-38(37)52-28-32-22-34(44(4,5)6)24-36(40(32)46)42(48)50-26-30-17-11-8-12-18-30;17-11-3-9(15(21)13(19)5-11)7-23-1-2-24-8-10-4-12(18)6-14(20)16(10)22;4*1-7-5-3-2-4-6-7;;/h7-24,45-46H,25-28H2,1-6H3;3-6,21-22H,1-2,7-8H2;4*2-6H,1H2;;/q;;4*-1;;+2. The monoisotopic (exact) mass is 1770 g/mol. The SMILES string of the molecule is CC(C)(C)c1cc(CSc2ccccc2SCc2cc(C(C)(C)C)cc(C(=O)OCc3ccccc3)c2O)c(O)c(C(=O)OCc2ccccc2)c1.Oc1c(Cl)cc(Cl)cc1CSCCSCc1cc(Cl)cc(Cl)c1O.[CH2-]c1ccccc1.[CH2-]c1ccccc1.[CH2-]c1ccccc1.[CH2-]c1ccccc1.[Hf].[Ti+2]. The summed E-state index contributed by atoms with van der Waals surface area (Å²) in [5, 5.41) is 44.1. The first-order valence-electron chi connectivity index (χ1n) is 33.1. The topological polar surface area (TPSA) is 134 Å². The van der Waals surface area contributed by atoms with E-state index >= 15 is 0 Å². The average Bonchev–Trinajstić information content (AvgIpc) is 0.802. The van der Waals surface area contributed by atoms with E-state index in [1.165, 1.54) is 12.1 Å². The molecule has 18 heteroatoms. The number of phenolic OH excluding ortho intramolecular Hbond substituents is 4. The van der Waals surface area contributed by atoms with E-state index in [-0.39, 0.29) is 116 Å². The minimum absolute atomic E-state index is 0. The number of hydrogen-bond donors (Lipinski definition) is 4. The molecule has 11 aromatic rings. The van der Waals surface area contributed by atoms with Crippen molar-refractivity contribution in [2.45, 2.75) is 98.4 Å². The quantitative estimate of drug-likeness (QED) is 0.0202. The Morgan fingerprint density at radius 2 is 0.632 bits per heavy atom. The number of carbonyl (C=O) groups is 2. The molecule has 11 rings (SSSR count). The molecule has 0 bridgehead atoms. The van der Waals surface area contributed by atoms with Gasteiger partial charge in [0.2, 0.25) is 0 Å². The number of phenols is 4. The van der Waals surface area contributed by atoms with Crippen molar-refractivity contribution in [3.05, 3.63) is 380 Å². The van der Waals surface area contributed by atoms with Crippen LogP contribution in [0.2, 0.25) is 20.1 Å². The Kier molecular flexibility index (Phi) is 41.4. The van der Waals surface area contributed by atoms with Gasteiger partial charge in [-0.3, -0.25) is 0 Å². The van der Waals surface area contributed by atoms with E-state index in [0.717, 1.165) is 76.9 Å². The summed E-state index contributed by atoms with van der Waals surface area (Å²) in [4.78, 5) is 28.5. The molecule has 0 spiro atoms. The van der Waals surface area contributed by atoms with Gasteiger partial charge < -0.3 is 29.9 Å². The molecule has 0 saturated heterocycles. The maximum atomic E-state index is 13.3. The molecule has 8 nitrogen and oxygen atoms in total. The van der Waals surface area contributed by atoms with Crippen LogP contribution in [0.4, 0.5) is 0 Å². The second-order valence-corrected chi connectivity index (χ2v) is 31.5. The Hall–Kier alpha value is -6.82. The summed E-state index contributed by atoms with van der Waals surface area (Å²) in [6.07, 6.45) is 0. The number of thioether (sulfide) groups is 4. The molecule has 550 valence electrons. The molecule has 0 aliphatic carbocycles. The molecule has 0 fully saturated rings. The van der Waals surface area contributed by atoms with Gasteiger partial charge in [0.05, 0.1) is 10.0 Å². The van der Waals surface area contributed by atoms with Crippen molar-refractivity contribution < 1.29 is 87.0 Å². The van der Waals surface area contributed by atoms with Crippen LogP contribution < -0.4 is 0 Å². The molecule has 11 aromatic carbocycles. The number of esters is 2. The number of hydrogen-bond acceptors (Lipinski definition) is 12. The van der Waals surface area contributed by atoms with E-state index in [9.17, 15) is 30.0 Å². The fourth-order valence-corrected chi connectivity index (χ4v) is 14.6. The molecule has 0 heterocycles. The number of carbonyl (C=O) groups excluding carboxylic acids is 2. The predicted molar refractivity (Wildman–Crippen MR) is 442 cm³/mol. The first-order valence-corrected chi connectivity index (χ1v) is 38.9. The molecule has 106 heavy (non-hydrogen) atoms. The number of benzene rings is 11. The number of halogens is 4. The molecule has 0 saturated carbocycles.